The van der Waals surface area contributed by atoms with Gasteiger partial charge in [-0.1, -0.05) is 17.9 Å². The molecule has 0 unspecified atom stereocenters. The second-order valence-corrected chi connectivity index (χ2v) is 3.77. The average Bonchev–Trinajstić information content (AvgIpc) is 2.41. The van der Waals surface area contributed by atoms with Crippen LogP contribution in [-0.4, -0.2) is 16.5 Å². The van der Waals surface area contributed by atoms with E-state index < -0.39 is 0 Å². The minimum atomic E-state index is -0.311. The second kappa shape index (κ2) is 9.94. The van der Waals surface area contributed by atoms with E-state index in [1.807, 2.05) is 0 Å². The SMILES string of the molecule is Cl.Cl.NCCC#Cc1cnc(Nc2cccc(F)c2)nc1. The van der Waals surface area contributed by atoms with Crippen molar-refractivity contribution < 1.29 is 4.39 Å². The fourth-order valence-electron chi connectivity index (χ4n) is 1.39. The van der Waals surface area contributed by atoms with Crippen LogP contribution in [-0.2, 0) is 0 Å². The maximum atomic E-state index is 13.0. The Morgan fingerprint density at radius 3 is 2.52 bits per heavy atom. The Hall–Kier alpha value is -1.87. The summed E-state index contributed by atoms with van der Waals surface area (Å²) in [7, 11) is 0. The predicted octanol–water partition coefficient (Wildman–Crippen LogP) is 2.90. The monoisotopic (exact) mass is 328 g/mol. The molecule has 2 rings (SSSR count). The first-order valence-electron chi connectivity index (χ1n) is 5.81. The van der Waals surface area contributed by atoms with E-state index in [0.717, 1.165) is 5.56 Å². The van der Waals surface area contributed by atoms with Crippen molar-refractivity contribution in [3.63, 3.8) is 0 Å². The van der Waals surface area contributed by atoms with Gasteiger partial charge >= 0.3 is 0 Å². The summed E-state index contributed by atoms with van der Waals surface area (Å²) < 4.78 is 13.0. The molecule has 0 bridgehead atoms. The lowest BCUT2D eigenvalue weighted by Gasteiger charge is -2.03. The molecule has 1 aromatic carbocycles. The van der Waals surface area contributed by atoms with Crippen molar-refractivity contribution in [3.05, 3.63) is 48.0 Å². The normalized spacial score (nSPS) is 8.67. The summed E-state index contributed by atoms with van der Waals surface area (Å²) in [6.07, 6.45) is 3.86. The van der Waals surface area contributed by atoms with Crippen LogP contribution in [0.4, 0.5) is 16.0 Å². The van der Waals surface area contributed by atoms with Gasteiger partial charge in [-0.3, -0.25) is 0 Å². The summed E-state index contributed by atoms with van der Waals surface area (Å²) in [6, 6.07) is 6.10. The fourth-order valence-corrected chi connectivity index (χ4v) is 1.39. The van der Waals surface area contributed by atoms with E-state index in [4.69, 9.17) is 5.73 Å². The molecule has 2 aromatic rings. The third-order valence-electron chi connectivity index (χ3n) is 2.23. The number of benzene rings is 1. The zero-order chi connectivity index (χ0) is 13.5. The molecule has 21 heavy (non-hydrogen) atoms. The van der Waals surface area contributed by atoms with Crippen molar-refractivity contribution in [2.45, 2.75) is 6.42 Å². The number of rotatable bonds is 3. The van der Waals surface area contributed by atoms with Gasteiger partial charge in [0, 0.05) is 31.0 Å². The van der Waals surface area contributed by atoms with E-state index in [0.29, 0.717) is 24.6 Å². The van der Waals surface area contributed by atoms with Gasteiger partial charge in [0.05, 0.1) is 5.56 Å². The van der Waals surface area contributed by atoms with Crippen molar-refractivity contribution in [1.29, 1.82) is 0 Å². The zero-order valence-electron chi connectivity index (χ0n) is 11.0. The summed E-state index contributed by atoms with van der Waals surface area (Å²) in [5.74, 6) is 5.89. The highest BCUT2D eigenvalue weighted by molar-refractivity contribution is 5.85. The molecule has 1 heterocycles. The molecule has 0 aliphatic rings. The Labute approximate surface area is 135 Å². The lowest BCUT2D eigenvalue weighted by molar-refractivity contribution is 0.628. The Bertz CT molecular complexity index is 608. The molecule has 0 spiro atoms. The van der Waals surface area contributed by atoms with Gasteiger partial charge in [0.2, 0.25) is 5.95 Å². The van der Waals surface area contributed by atoms with Gasteiger partial charge in [-0.2, -0.15) is 0 Å². The first kappa shape index (κ1) is 19.1. The number of nitrogens with one attached hydrogen (secondary N) is 1. The number of anilines is 2. The Kier molecular flexibility index (Phi) is 9.06. The third kappa shape index (κ3) is 6.41. The molecule has 112 valence electrons. The van der Waals surface area contributed by atoms with Gasteiger partial charge < -0.3 is 11.1 Å². The van der Waals surface area contributed by atoms with Crippen molar-refractivity contribution in [2.24, 2.45) is 5.73 Å². The number of hydrogen-bond donors (Lipinski definition) is 2. The van der Waals surface area contributed by atoms with Crippen molar-refractivity contribution in [2.75, 3.05) is 11.9 Å². The molecule has 0 atom stereocenters. The highest BCUT2D eigenvalue weighted by Crippen LogP contribution is 2.13. The lowest BCUT2D eigenvalue weighted by atomic mass is 10.3. The summed E-state index contributed by atoms with van der Waals surface area (Å²) in [6.45, 7) is 0.535. The van der Waals surface area contributed by atoms with Crippen molar-refractivity contribution in [1.82, 2.24) is 9.97 Å². The highest BCUT2D eigenvalue weighted by Gasteiger charge is 1.98. The van der Waals surface area contributed by atoms with Gasteiger partial charge in [0.15, 0.2) is 0 Å². The molecule has 0 fully saturated rings. The molecular weight excluding hydrogens is 314 g/mol. The molecular formula is C14H15Cl2FN4. The molecule has 0 aliphatic heterocycles. The fraction of sp³-hybridized carbons (Fsp3) is 0.143. The van der Waals surface area contributed by atoms with Crippen LogP contribution in [0.3, 0.4) is 0 Å². The molecule has 0 amide bonds. The topological polar surface area (TPSA) is 63.8 Å². The zero-order valence-corrected chi connectivity index (χ0v) is 12.7. The first-order chi connectivity index (χ1) is 9.28. The lowest BCUT2D eigenvalue weighted by Crippen LogP contribution is -1.97. The number of hydrogen-bond acceptors (Lipinski definition) is 4. The van der Waals surface area contributed by atoms with Crippen LogP contribution in [0.2, 0.25) is 0 Å². The molecule has 0 aliphatic carbocycles. The van der Waals surface area contributed by atoms with E-state index in [2.05, 4.69) is 27.1 Å². The molecule has 7 heteroatoms. The minimum Gasteiger partial charge on any atom is -0.330 e. The smallest absolute Gasteiger partial charge is 0.227 e. The predicted molar refractivity (Wildman–Crippen MR) is 86.8 cm³/mol. The maximum absolute atomic E-state index is 13.0. The van der Waals surface area contributed by atoms with Gasteiger partial charge in [0.25, 0.3) is 0 Å². The largest absolute Gasteiger partial charge is 0.330 e. The molecule has 4 nitrogen and oxygen atoms in total. The summed E-state index contributed by atoms with van der Waals surface area (Å²) in [5.41, 5.74) is 6.66. The molecule has 0 radical (unpaired) electrons. The highest BCUT2D eigenvalue weighted by atomic mass is 35.5. The Morgan fingerprint density at radius 2 is 1.90 bits per heavy atom. The molecule has 0 saturated carbocycles. The van der Waals surface area contributed by atoms with Crippen LogP contribution in [0, 0.1) is 17.7 Å². The van der Waals surface area contributed by atoms with E-state index in [-0.39, 0.29) is 30.6 Å². The van der Waals surface area contributed by atoms with E-state index in [1.54, 1.807) is 24.5 Å². The van der Waals surface area contributed by atoms with E-state index in [1.165, 1.54) is 12.1 Å². The van der Waals surface area contributed by atoms with Crippen LogP contribution >= 0.6 is 24.8 Å². The van der Waals surface area contributed by atoms with Crippen LogP contribution in [0.15, 0.2) is 36.7 Å². The van der Waals surface area contributed by atoms with Crippen LogP contribution in [0.1, 0.15) is 12.0 Å². The van der Waals surface area contributed by atoms with Crippen LogP contribution in [0.5, 0.6) is 0 Å². The summed E-state index contributed by atoms with van der Waals surface area (Å²) in [5, 5.41) is 2.91. The molecule has 3 N–H and O–H groups in total. The van der Waals surface area contributed by atoms with Gasteiger partial charge in [-0.15, -0.1) is 24.8 Å². The summed E-state index contributed by atoms with van der Waals surface area (Å²) in [4.78, 5) is 8.21. The minimum absolute atomic E-state index is 0. The van der Waals surface area contributed by atoms with E-state index in [9.17, 15) is 4.39 Å². The number of halogens is 3. The second-order valence-electron chi connectivity index (χ2n) is 3.77. The van der Waals surface area contributed by atoms with Crippen LogP contribution < -0.4 is 11.1 Å². The molecule has 1 aromatic heterocycles. The Balaban J connectivity index is 0.00000200. The van der Waals surface area contributed by atoms with Gasteiger partial charge in [0.1, 0.15) is 5.82 Å². The number of nitrogens with zero attached hydrogens (tertiary/aromatic N) is 2. The summed E-state index contributed by atoms with van der Waals surface area (Å²) >= 11 is 0. The molecule has 0 saturated heterocycles. The van der Waals surface area contributed by atoms with Gasteiger partial charge in [-0.05, 0) is 18.2 Å². The number of nitrogens with two attached hydrogens (primary N) is 1. The first-order valence-corrected chi connectivity index (χ1v) is 5.81. The standard InChI is InChI=1S/C14H13FN4.2ClH/c15-12-5-3-6-13(8-12)19-14-17-9-11(10-18-14)4-1-2-7-16;;/h3,5-6,8-10H,2,7,16H2,(H,17,18,19);2*1H. The van der Waals surface area contributed by atoms with Crippen molar-refractivity contribution in [3.8, 4) is 11.8 Å². The number of aromatic nitrogens is 2. The van der Waals surface area contributed by atoms with E-state index >= 15 is 0 Å². The average molecular weight is 329 g/mol. The Morgan fingerprint density at radius 1 is 1.19 bits per heavy atom. The van der Waals surface area contributed by atoms with Gasteiger partial charge in [-0.25, -0.2) is 14.4 Å². The maximum Gasteiger partial charge on any atom is 0.227 e. The van der Waals surface area contributed by atoms with Crippen molar-refractivity contribution >= 4 is 36.4 Å². The van der Waals surface area contributed by atoms with Crippen LogP contribution in [0.25, 0.3) is 0 Å². The third-order valence-corrected chi connectivity index (χ3v) is 2.23. The quantitative estimate of drug-likeness (QED) is 0.850.